The van der Waals surface area contributed by atoms with Gasteiger partial charge in [-0.05, 0) is 43.5 Å². The summed E-state index contributed by atoms with van der Waals surface area (Å²) >= 11 is 1.28. The molecule has 2 aromatic carbocycles. The highest BCUT2D eigenvalue weighted by atomic mass is 32.2. The van der Waals surface area contributed by atoms with Crippen LogP contribution in [0, 0.1) is 12.8 Å². The van der Waals surface area contributed by atoms with Gasteiger partial charge in [-0.1, -0.05) is 30.3 Å². The maximum atomic E-state index is 13.1. The lowest BCUT2D eigenvalue weighted by atomic mass is 9.96. The predicted octanol–water partition coefficient (Wildman–Crippen LogP) is 3.29. The summed E-state index contributed by atoms with van der Waals surface area (Å²) in [7, 11) is 0. The van der Waals surface area contributed by atoms with Gasteiger partial charge in [-0.3, -0.25) is 14.4 Å². The van der Waals surface area contributed by atoms with Crippen molar-refractivity contribution in [3.8, 4) is 0 Å². The zero-order valence-corrected chi connectivity index (χ0v) is 17.0. The molecule has 7 heteroatoms. The van der Waals surface area contributed by atoms with E-state index in [1.54, 1.807) is 4.90 Å². The van der Waals surface area contributed by atoms with Crippen LogP contribution in [-0.2, 0) is 14.4 Å². The Balaban J connectivity index is 1.43. The first-order chi connectivity index (χ1) is 14.0. The minimum absolute atomic E-state index is 0.0807. The minimum Gasteiger partial charge on any atom is -0.340 e. The van der Waals surface area contributed by atoms with Crippen molar-refractivity contribution in [2.75, 3.05) is 23.7 Å². The lowest BCUT2D eigenvalue weighted by Crippen LogP contribution is -2.50. The third-order valence-corrected chi connectivity index (χ3v) is 6.62. The van der Waals surface area contributed by atoms with E-state index >= 15 is 0 Å². The number of anilines is 2. The van der Waals surface area contributed by atoms with Crippen LogP contribution in [0.5, 0.6) is 0 Å². The van der Waals surface area contributed by atoms with Crippen LogP contribution in [-0.4, -0.2) is 41.0 Å². The highest BCUT2D eigenvalue weighted by Gasteiger charge is 2.38. The molecule has 0 aliphatic carbocycles. The Morgan fingerprint density at radius 3 is 2.72 bits per heavy atom. The van der Waals surface area contributed by atoms with Gasteiger partial charge >= 0.3 is 0 Å². The van der Waals surface area contributed by atoms with Gasteiger partial charge in [0.15, 0.2) is 5.25 Å². The van der Waals surface area contributed by atoms with E-state index in [-0.39, 0.29) is 23.6 Å². The topological polar surface area (TPSA) is 78.5 Å². The summed E-state index contributed by atoms with van der Waals surface area (Å²) in [5, 5.41) is 4.98. The Morgan fingerprint density at radius 1 is 1.14 bits per heavy atom. The van der Waals surface area contributed by atoms with Gasteiger partial charge in [0.1, 0.15) is 0 Å². The third kappa shape index (κ3) is 4.15. The Labute approximate surface area is 174 Å². The van der Waals surface area contributed by atoms with Crippen molar-refractivity contribution in [3.63, 3.8) is 0 Å². The number of likely N-dealkylation sites (tertiary alicyclic amines) is 1. The van der Waals surface area contributed by atoms with Crippen molar-refractivity contribution in [1.29, 1.82) is 0 Å². The van der Waals surface area contributed by atoms with Gasteiger partial charge in [0, 0.05) is 23.7 Å². The molecule has 0 saturated carbocycles. The molecule has 2 aromatic rings. The molecule has 4 rings (SSSR count). The number of carbonyl (C=O) groups is 3. The summed E-state index contributed by atoms with van der Waals surface area (Å²) in [6, 6.07) is 15.1. The van der Waals surface area contributed by atoms with Gasteiger partial charge in [-0.15, -0.1) is 11.8 Å². The summed E-state index contributed by atoms with van der Waals surface area (Å²) in [4.78, 5) is 40.9. The van der Waals surface area contributed by atoms with Gasteiger partial charge in [-0.2, -0.15) is 0 Å². The lowest BCUT2D eigenvalue weighted by molar-refractivity contribution is -0.136. The monoisotopic (exact) mass is 409 g/mol. The summed E-state index contributed by atoms with van der Waals surface area (Å²) in [5.74, 6) is -0.889. The molecule has 1 fully saturated rings. The van der Waals surface area contributed by atoms with Crippen LogP contribution in [0.4, 0.5) is 11.4 Å². The molecule has 0 aromatic heterocycles. The molecule has 2 unspecified atom stereocenters. The first kappa shape index (κ1) is 19.5. The third-order valence-electron chi connectivity index (χ3n) is 5.36. The maximum Gasteiger partial charge on any atom is 0.247 e. The Kier molecular flexibility index (Phi) is 5.58. The highest BCUT2D eigenvalue weighted by Crippen LogP contribution is 2.36. The number of nitrogens with one attached hydrogen (secondary N) is 2. The summed E-state index contributed by atoms with van der Waals surface area (Å²) in [5.41, 5.74) is 2.53. The second kappa shape index (κ2) is 8.29. The molecule has 2 aliphatic rings. The minimum atomic E-state index is -0.817. The molecule has 6 nitrogen and oxygen atoms in total. The van der Waals surface area contributed by atoms with Crippen LogP contribution < -0.4 is 10.6 Å². The quantitative estimate of drug-likeness (QED) is 0.763. The highest BCUT2D eigenvalue weighted by molar-refractivity contribution is 8.01. The molecule has 150 valence electrons. The Hall–Kier alpha value is -2.80. The van der Waals surface area contributed by atoms with E-state index in [2.05, 4.69) is 10.6 Å². The number of fused-ring (bicyclic) bond motifs is 1. The van der Waals surface area contributed by atoms with Crippen molar-refractivity contribution in [3.05, 3.63) is 54.1 Å². The molecule has 0 radical (unpaired) electrons. The lowest BCUT2D eigenvalue weighted by Gasteiger charge is -2.35. The smallest absolute Gasteiger partial charge is 0.247 e. The van der Waals surface area contributed by atoms with Crippen LogP contribution in [0.2, 0.25) is 0 Å². The van der Waals surface area contributed by atoms with Gasteiger partial charge in [0.2, 0.25) is 17.7 Å². The van der Waals surface area contributed by atoms with E-state index in [0.717, 1.165) is 34.7 Å². The fourth-order valence-electron chi connectivity index (χ4n) is 3.72. The average Bonchev–Trinajstić information content (AvgIpc) is 2.74. The normalized spacial score (nSPS) is 21.1. The van der Waals surface area contributed by atoms with Crippen molar-refractivity contribution in [1.82, 2.24) is 4.90 Å². The maximum absolute atomic E-state index is 13.1. The van der Waals surface area contributed by atoms with Crippen LogP contribution >= 0.6 is 11.8 Å². The summed E-state index contributed by atoms with van der Waals surface area (Å²) in [6.07, 6.45) is 1.47. The van der Waals surface area contributed by atoms with Crippen molar-refractivity contribution >= 4 is 40.9 Å². The van der Waals surface area contributed by atoms with Gasteiger partial charge in [0.05, 0.1) is 11.6 Å². The Bertz CT molecular complexity index is 962. The van der Waals surface area contributed by atoms with E-state index in [1.165, 1.54) is 11.8 Å². The van der Waals surface area contributed by atoms with E-state index in [9.17, 15) is 14.4 Å². The fourth-order valence-corrected chi connectivity index (χ4v) is 4.79. The van der Waals surface area contributed by atoms with E-state index in [0.29, 0.717) is 13.1 Å². The molecular weight excluding hydrogens is 386 g/mol. The predicted molar refractivity (Wildman–Crippen MR) is 114 cm³/mol. The average molecular weight is 410 g/mol. The molecule has 2 atom stereocenters. The summed E-state index contributed by atoms with van der Waals surface area (Å²) in [6.45, 7) is 2.85. The first-order valence-electron chi connectivity index (χ1n) is 9.75. The zero-order valence-electron chi connectivity index (χ0n) is 16.2. The van der Waals surface area contributed by atoms with Gasteiger partial charge in [-0.25, -0.2) is 0 Å². The van der Waals surface area contributed by atoms with Crippen LogP contribution in [0.15, 0.2) is 53.4 Å². The SMILES string of the molecule is Cc1ccccc1NC(=O)C1CCCN(C(=O)C2Sc3ccccc3NC2=O)C1. The van der Waals surface area contributed by atoms with Crippen LogP contribution in [0.3, 0.4) is 0 Å². The fraction of sp³-hybridized carbons (Fsp3) is 0.318. The molecule has 3 amide bonds. The number of para-hydroxylation sites is 2. The molecule has 1 saturated heterocycles. The molecule has 2 heterocycles. The molecule has 0 bridgehead atoms. The second-order valence-electron chi connectivity index (χ2n) is 7.41. The van der Waals surface area contributed by atoms with Crippen molar-refractivity contribution < 1.29 is 14.4 Å². The number of hydrogen-bond acceptors (Lipinski definition) is 4. The second-order valence-corrected chi connectivity index (χ2v) is 8.56. The van der Waals surface area contributed by atoms with Crippen molar-refractivity contribution in [2.45, 2.75) is 29.9 Å². The largest absolute Gasteiger partial charge is 0.340 e. The number of aryl methyl sites for hydroxylation is 1. The van der Waals surface area contributed by atoms with Gasteiger partial charge in [0.25, 0.3) is 0 Å². The van der Waals surface area contributed by atoms with Crippen molar-refractivity contribution in [2.24, 2.45) is 5.92 Å². The first-order valence-corrected chi connectivity index (χ1v) is 10.6. The zero-order chi connectivity index (χ0) is 20.4. The molecule has 0 spiro atoms. The number of piperidine rings is 1. The number of nitrogens with zero attached hydrogens (tertiary/aromatic N) is 1. The number of hydrogen-bond donors (Lipinski definition) is 2. The van der Waals surface area contributed by atoms with E-state index < -0.39 is 5.25 Å². The van der Waals surface area contributed by atoms with E-state index in [1.807, 2.05) is 55.5 Å². The molecule has 2 N–H and O–H groups in total. The summed E-state index contributed by atoms with van der Waals surface area (Å²) < 4.78 is 0. The number of carbonyl (C=O) groups excluding carboxylic acids is 3. The number of rotatable bonds is 3. The van der Waals surface area contributed by atoms with Gasteiger partial charge < -0.3 is 15.5 Å². The van der Waals surface area contributed by atoms with Crippen LogP contribution in [0.25, 0.3) is 0 Å². The molecule has 29 heavy (non-hydrogen) atoms. The standard InChI is InChI=1S/C22H23N3O3S/c1-14-7-2-3-9-16(14)23-20(26)15-8-6-12-25(13-15)22(28)19-21(27)24-17-10-4-5-11-18(17)29-19/h2-5,7,9-11,15,19H,6,8,12-13H2,1H3,(H,23,26)(H,24,27). The Morgan fingerprint density at radius 2 is 1.90 bits per heavy atom. The molecular formula is C22H23N3O3S. The number of benzene rings is 2. The molecule has 2 aliphatic heterocycles. The van der Waals surface area contributed by atoms with Crippen LogP contribution in [0.1, 0.15) is 18.4 Å². The number of thioether (sulfide) groups is 1. The van der Waals surface area contributed by atoms with E-state index in [4.69, 9.17) is 0 Å². The number of amides is 3.